The Labute approximate surface area is 192 Å². The van der Waals surface area contributed by atoms with E-state index in [2.05, 4.69) is 11.4 Å². The van der Waals surface area contributed by atoms with Crippen molar-refractivity contribution >= 4 is 15.9 Å². The van der Waals surface area contributed by atoms with Gasteiger partial charge in [0, 0.05) is 13.1 Å². The fourth-order valence-electron chi connectivity index (χ4n) is 4.15. The molecule has 174 valence electrons. The minimum atomic E-state index is -3.36. The molecule has 6 nitrogen and oxygen atoms in total. The molecule has 2 aromatic rings. The molecule has 0 saturated carbocycles. The third kappa shape index (κ3) is 7.35. The number of carbonyl (C=O) groups excluding carboxylic acids is 1. The van der Waals surface area contributed by atoms with Crippen LogP contribution in [0.1, 0.15) is 36.0 Å². The lowest BCUT2D eigenvalue weighted by Gasteiger charge is -2.31. The van der Waals surface area contributed by atoms with Crippen molar-refractivity contribution in [1.82, 2.24) is 9.62 Å². The Hall–Kier alpha value is -2.38. The van der Waals surface area contributed by atoms with Crippen molar-refractivity contribution in [2.45, 2.75) is 39.5 Å². The van der Waals surface area contributed by atoms with E-state index >= 15 is 0 Å². The van der Waals surface area contributed by atoms with Gasteiger partial charge in [-0.3, -0.25) is 4.79 Å². The van der Waals surface area contributed by atoms with Crippen LogP contribution in [-0.2, 0) is 21.2 Å². The Balaban J connectivity index is 1.42. The van der Waals surface area contributed by atoms with E-state index < -0.39 is 10.0 Å². The number of rotatable bonds is 10. The predicted molar refractivity (Wildman–Crippen MR) is 127 cm³/mol. The lowest BCUT2D eigenvalue weighted by molar-refractivity contribution is -0.126. The zero-order chi connectivity index (χ0) is 23.0. The molecule has 1 heterocycles. The first kappa shape index (κ1) is 24.3. The molecule has 0 aromatic heterocycles. The van der Waals surface area contributed by atoms with E-state index in [1.165, 1.54) is 4.31 Å². The van der Waals surface area contributed by atoms with E-state index in [0.29, 0.717) is 39.0 Å². The topological polar surface area (TPSA) is 75.7 Å². The van der Waals surface area contributed by atoms with Crippen LogP contribution in [0.2, 0.25) is 0 Å². The molecule has 1 saturated heterocycles. The highest BCUT2D eigenvalue weighted by Gasteiger charge is 2.31. The average molecular weight is 459 g/mol. The highest BCUT2D eigenvalue weighted by atomic mass is 32.2. The van der Waals surface area contributed by atoms with Crippen LogP contribution in [-0.4, -0.2) is 50.6 Å². The van der Waals surface area contributed by atoms with Crippen LogP contribution < -0.4 is 10.1 Å². The van der Waals surface area contributed by atoms with Crippen molar-refractivity contribution < 1.29 is 17.9 Å². The molecule has 0 unspecified atom stereocenters. The number of aryl methyl sites for hydroxylation is 3. The summed E-state index contributed by atoms with van der Waals surface area (Å²) in [6.07, 6.45) is 2.72. The second-order valence-corrected chi connectivity index (χ2v) is 10.7. The Bertz CT molecular complexity index is 972. The lowest BCUT2D eigenvalue weighted by Crippen LogP contribution is -2.46. The summed E-state index contributed by atoms with van der Waals surface area (Å²) in [4.78, 5) is 12.6. The second-order valence-electron chi connectivity index (χ2n) is 8.57. The maximum Gasteiger partial charge on any atom is 0.224 e. The maximum absolute atomic E-state index is 12.8. The summed E-state index contributed by atoms with van der Waals surface area (Å²) < 4.78 is 32.8. The fraction of sp³-hybridized carbons (Fsp3) is 0.480. The van der Waals surface area contributed by atoms with Gasteiger partial charge in [0.1, 0.15) is 12.4 Å². The van der Waals surface area contributed by atoms with Crippen LogP contribution in [0.25, 0.3) is 0 Å². The lowest BCUT2D eigenvalue weighted by atomic mass is 9.99. The average Bonchev–Trinajstić information content (AvgIpc) is 2.77. The smallest absolute Gasteiger partial charge is 0.224 e. The SMILES string of the molecule is Cc1cc(C)cc(OCCNC(=O)[C@H]2CCCN(S(=O)(=O)CCCc3ccccc3)C2)c1. The molecular weight excluding hydrogens is 424 g/mol. The summed E-state index contributed by atoms with van der Waals surface area (Å²) in [7, 11) is -3.36. The van der Waals surface area contributed by atoms with E-state index in [1.54, 1.807) is 0 Å². The van der Waals surface area contributed by atoms with Gasteiger partial charge in [0.05, 0.1) is 18.2 Å². The molecule has 7 heteroatoms. The zero-order valence-corrected chi connectivity index (χ0v) is 19.9. The normalized spacial score (nSPS) is 17.1. The van der Waals surface area contributed by atoms with Crippen LogP contribution in [0.3, 0.4) is 0 Å². The van der Waals surface area contributed by atoms with Gasteiger partial charge in [-0.2, -0.15) is 0 Å². The first-order valence-corrected chi connectivity index (χ1v) is 12.9. The van der Waals surface area contributed by atoms with Gasteiger partial charge in [0.2, 0.25) is 15.9 Å². The van der Waals surface area contributed by atoms with Gasteiger partial charge >= 0.3 is 0 Å². The molecule has 1 aliphatic rings. The van der Waals surface area contributed by atoms with E-state index in [4.69, 9.17) is 4.74 Å². The molecule has 0 radical (unpaired) electrons. The van der Waals surface area contributed by atoms with Crippen LogP contribution in [0.15, 0.2) is 48.5 Å². The maximum atomic E-state index is 12.8. The predicted octanol–water partition coefficient (Wildman–Crippen LogP) is 3.47. The minimum Gasteiger partial charge on any atom is -0.492 e. The number of ether oxygens (including phenoxy) is 1. The summed E-state index contributed by atoms with van der Waals surface area (Å²) in [5, 5.41) is 2.90. The van der Waals surface area contributed by atoms with Crippen LogP contribution in [0, 0.1) is 19.8 Å². The van der Waals surface area contributed by atoms with E-state index in [0.717, 1.165) is 28.9 Å². The van der Waals surface area contributed by atoms with Crippen LogP contribution in [0.4, 0.5) is 0 Å². The van der Waals surface area contributed by atoms with Crippen molar-refractivity contribution in [2.24, 2.45) is 5.92 Å². The number of benzene rings is 2. The molecule has 1 amide bonds. The molecule has 0 aliphatic carbocycles. The summed E-state index contributed by atoms with van der Waals surface area (Å²) in [5.41, 5.74) is 3.41. The molecule has 1 N–H and O–H groups in total. The van der Waals surface area contributed by atoms with E-state index in [1.807, 2.05) is 56.3 Å². The number of nitrogens with zero attached hydrogens (tertiary/aromatic N) is 1. The molecule has 0 spiro atoms. The fourth-order valence-corrected chi connectivity index (χ4v) is 5.73. The van der Waals surface area contributed by atoms with Crippen LogP contribution >= 0.6 is 0 Å². The van der Waals surface area contributed by atoms with Gasteiger partial charge in [-0.25, -0.2) is 12.7 Å². The van der Waals surface area contributed by atoms with Crippen molar-refractivity contribution in [3.05, 3.63) is 65.2 Å². The second kappa shape index (κ2) is 11.5. The molecular formula is C25H34N2O4S. The molecule has 1 fully saturated rings. The van der Waals surface area contributed by atoms with Crippen molar-refractivity contribution in [3.8, 4) is 5.75 Å². The van der Waals surface area contributed by atoms with Gasteiger partial charge in [-0.15, -0.1) is 0 Å². The molecule has 1 aliphatic heterocycles. The number of hydrogen-bond donors (Lipinski definition) is 1. The minimum absolute atomic E-state index is 0.0989. The Kier molecular flexibility index (Phi) is 8.70. The summed E-state index contributed by atoms with van der Waals surface area (Å²) in [5.74, 6) is 0.495. The number of piperidine rings is 1. The van der Waals surface area contributed by atoms with Gasteiger partial charge in [0.15, 0.2) is 0 Å². The Morgan fingerprint density at radius 1 is 1.12 bits per heavy atom. The highest BCUT2D eigenvalue weighted by molar-refractivity contribution is 7.89. The van der Waals surface area contributed by atoms with E-state index in [-0.39, 0.29) is 24.1 Å². The Morgan fingerprint density at radius 2 is 1.84 bits per heavy atom. The standard InChI is InChI=1S/C25H34N2O4S/c1-20-16-21(2)18-24(17-20)31-14-12-26-25(28)23-11-6-13-27(19-23)32(29,30)15-7-10-22-8-4-3-5-9-22/h3-5,8-9,16-18,23H,6-7,10-15,19H2,1-2H3,(H,26,28)/t23-/m0/s1. The van der Waals surface area contributed by atoms with Crippen molar-refractivity contribution in [3.63, 3.8) is 0 Å². The zero-order valence-electron chi connectivity index (χ0n) is 19.0. The first-order chi connectivity index (χ1) is 15.3. The number of nitrogens with one attached hydrogen (secondary N) is 1. The van der Waals surface area contributed by atoms with Crippen LogP contribution in [0.5, 0.6) is 5.75 Å². The number of sulfonamides is 1. The Morgan fingerprint density at radius 3 is 2.56 bits per heavy atom. The highest BCUT2D eigenvalue weighted by Crippen LogP contribution is 2.21. The third-order valence-corrected chi connectivity index (χ3v) is 7.65. The molecule has 32 heavy (non-hydrogen) atoms. The third-order valence-electron chi connectivity index (χ3n) is 5.72. The van der Waals surface area contributed by atoms with Gasteiger partial charge in [0.25, 0.3) is 0 Å². The first-order valence-electron chi connectivity index (χ1n) is 11.3. The largest absolute Gasteiger partial charge is 0.492 e. The summed E-state index contributed by atoms with van der Waals surface area (Å²) >= 11 is 0. The molecule has 2 aromatic carbocycles. The van der Waals surface area contributed by atoms with Gasteiger partial charge < -0.3 is 10.1 Å². The number of carbonyl (C=O) groups is 1. The molecule has 1 atom stereocenters. The van der Waals surface area contributed by atoms with Crippen molar-refractivity contribution in [1.29, 1.82) is 0 Å². The van der Waals surface area contributed by atoms with Gasteiger partial charge in [-0.05, 0) is 68.4 Å². The molecule has 0 bridgehead atoms. The van der Waals surface area contributed by atoms with Gasteiger partial charge in [-0.1, -0.05) is 36.4 Å². The monoisotopic (exact) mass is 458 g/mol. The summed E-state index contributed by atoms with van der Waals surface area (Å²) in [6, 6.07) is 15.9. The summed E-state index contributed by atoms with van der Waals surface area (Å²) in [6.45, 7) is 5.57. The number of hydrogen-bond acceptors (Lipinski definition) is 4. The van der Waals surface area contributed by atoms with Crippen molar-refractivity contribution in [2.75, 3.05) is 32.0 Å². The van der Waals surface area contributed by atoms with E-state index in [9.17, 15) is 13.2 Å². The molecule has 3 rings (SSSR count). The number of amides is 1. The quantitative estimate of drug-likeness (QED) is 0.553.